The number of benzene rings is 1. The van der Waals surface area contributed by atoms with E-state index < -0.39 is 42.2 Å². The highest BCUT2D eigenvalue weighted by molar-refractivity contribution is 6.48. The van der Waals surface area contributed by atoms with E-state index in [1.165, 1.54) is 5.56 Å². The highest BCUT2D eigenvalue weighted by Crippen LogP contribution is 2.38. The maximum atomic E-state index is 13.6. The number of hydrogen-bond donors (Lipinski definition) is 3. The summed E-state index contributed by atoms with van der Waals surface area (Å²) in [6, 6.07) is 8.46. The topological polar surface area (TPSA) is 118 Å². The molecule has 2 saturated heterocycles. The normalized spacial score (nSPS) is 19.9. The van der Waals surface area contributed by atoms with Crippen LogP contribution in [0.4, 0.5) is 4.79 Å². The first-order valence-electron chi connectivity index (χ1n) is 14.0. The molecular formula is C28H45BN4O6. The molecule has 3 rings (SSSR count). The third kappa shape index (κ3) is 8.94. The van der Waals surface area contributed by atoms with Crippen LogP contribution in [0.2, 0.25) is 0 Å². The van der Waals surface area contributed by atoms with E-state index in [2.05, 4.69) is 28.1 Å². The van der Waals surface area contributed by atoms with Crippen molar-refractivity contribution in [2.24, 2.45) is 0 Å². The molecule has 4 amide bonds. The van der Waals surface area contributed by atoms with Crippen LogP contribution in [0.15, 0.2) is 30.3 Å². The first-order chi connectivity index (χ1) is 18.4. The molecule has 2 heterocycles. The fourth-order valence-corrected chi connectivity index (χ4v) is 4.57. The van der Waals surface area contributed by atoms with E-state index in [-0.39, 0.29) is 18.4 Å². The molecule has 0 saturated carbocycles. The zero-order chi connectivity index (χ0) is 28.6. The minimum atomic E-state index is -1.06. The van der Waals surface area contributed by atoms with E-state index in [9.17, 15) is 14.4 Å². The van der Waals surface area contributed by atoms with E-state index >= 15 is 0 Å². The van der Waals surface area contributed by atoms with Crippen LogP contribution in [-0.2, 0) is 30.1 Å². The van der Waals surface area contributed by atoms with E-state index in [1.54, 1.807) is 4.90 Å². The van der Waals surface area contributed by atoms with Crippen molar-refractivity contribution in [1.82, 2.24) is 20.9 Å². The minimum absolute atomic E-state index is 0.126. The largest absolute Gasteiger partial charge is 0.481 e. The molecule has 2 fully saturated rings. The van der Waals surface area contributed by atoms with Gasteiger partial charge in [-0.3, -0.25) is 9.59 Å². The van der Waals surface area contributed by atoms with Gasteiger partial charge in [-0.15, -0.1) is 0 Å². The number of hydrogen-bond acceptors (Lipinski definition) is 6. The van der Waals surface area contributed by atoms with Crippen LogP contribution in [0.5, 0.6) is 0 Å². The second-order valence-electron chi connectivity index (χ2n) is 11.6. The maximum absolute atomic E-state index is 13.6. The van der Waals surface area contributed by atoms with Crippen LogP contribution < -0.4 is 16.0 Å². The van der Waals surface area contributed by atoms with Crippen LogP contribution in [-0.4, -0.2) is 85.4 Å². The molecule has 2 aliphatic rings. The summed E-state index contributed by atoms with van der Waals surface area (Å²) >= 11 is 0. The van der Waals surface area contributed by atoms with Crippen molar-refractivity contribution < 1.29 is 28.4 Å². The predicted octanol–water partition coefficient (Wildman–Crippen LogP) is 2.45. The average molecular weight is 545 g/mol. The van der Waals surface area contributed by atoms with Gasteiger partial charge in [-0.05, 0) is 66.4 Å². The van der Waals surface area contributed by atoms with Crippen molar-refractivity contribution in [1.29, 1.82) is 0 Å². The molecular weight excluding hydrogens is 499 g/mol. The average Bonchev–Trinajstić information content (AvgIpc) is 3.10. The molecule has 1 aromatic carbocycles. The Bertz CT molecular complexity index is 952. The maximum Gasteiger partial charge on any atom is 0.481 e. The molecule has 2 atom stereocenters. The summed E-state index contributed by atoms with van der Waals surface area (Å²) in [6.45, 7) is 13.4. The summed E-state index contributed by atoms with van der Waals surface area (Å²) in [5, 5.41) is 8.51. The summed E-state index contributed by atoms with van der Waals surface area (Å²) in [7, 11) is -0.671. The smallest absolute Gasteiger partial charge is 0.402 e. The van der Waals surface area contributed by atoms with Crippen molar-refractivity contribution in [2.45, 2.75) is 96.5 Å². The lowest BCUT2D eigenvalue weighted by Crippen LogP contribution is -2.57. The first-order valence-corrected chi connectivity index (χ1v) is 14.0. The van der Waals surface area contributed by atoms with Crippen molar-refractivity contribution in [2.75, 3.05) is 26.3 Å². The van der Waals surface area contributed by atoms with Crippen LogP contribution in [0.3, 0.4) is 0 Å². The van der Waals surface area contributed by atoms with Crippen molar-refractivity contribution in [3.05, 3.63) is 35.9 Å². The number of nitrogens with zero attached hydrogens (tertiary/aromatic N) is 1. The molecule has 11 heteroatoms. The van der Waals surface area contributed by atoms with Gasteiger partial charge in [-0.1, -0.05) is 30.3 Å². The van der Waals surface area contributed by atoms with Crippen LogP contribution in [0, 0.1) is 0 Å². The molecule has 0 aliphatic carbocycles. The molecule has 39 heavy (non-hydrogen) atoms. The van der Waals surface area contributed by atoms with Gasteiger partial charge >= 0.3 is 13.1 Å². The number of ether oxygens (including phenoxy) is 1. The van der Waals surface area contributed by atoms with E-state index in [0.29, 0.717) is 32.7 Å². The van der Waals surface area contributed by atoms with Gasteiger partial charge in [0.05, 0.1) is 36.8 Å². The van der Waals surface area contributed by atoms with Gasteiger partial charge in [0.2, 0.25) is 11.8 Å². The molecule has 1 aromatic rings. The second kappa shape index (κ2) is 13.6. The second-order valence-corrected chi connectivity index (χ2v) is 11.6. The van der Waals surface area contributed by atoms with Gasteiger partial charge in [-0.25, -0.2) is 4.79 Å². The van der Waals surface area contributed by atoms with E-state index in [4.69, 9.17) is 14.0 Å². The summed E-state index contributed by atoms with van der Waals surface area (Å²) in [5.74, 6) is -1.13. The van der Waals surface area contributed by atoms with Crippen LogP contribution >= 0.6 is 0 Å². The zero-order valence-electron chi connectivity index (χ0n) is 24.2. The van der Waals surface area contributed by atoms with Gasteiger partial charge < -0.3 is 34.9 Å². The summed E-state index contributed by atoms with van der Waals surface area (Å²) in [5.41, 5.74) is 0.0695. The Kier molecular flexibility index (Phi) is 10.8. The van der Waals surface area contributed by atoms with Crippen LogP contribution in [0.1, 0.15) is 66.4 Å². The predicted molar refractivity (Wildman–Crippen MR) is 150 cm³/mol. The Morgan fingerprint density at radius 3 is 2.15 bits per heavy atom. The highest BCUT2D eigenvalue weighted by Gasteiger charge is 2.54. The van der Waals surface area contributed by atoms with Crippen molar-refractivity contribution in [3.63, 3.8) is 0 Å². The molecule has 3 N–H and O–H groups in total. The Labute approximate surface area is 233 Å². The number of morpholine rings is 1. The number of rotatable bonds is 11. The number of amides is 4. The molecule has 216 valence electrons. The third-order valence-electron chi connectivity index (χ3n) is 7.54. The Hall–Kier alpha value is -2.63. The van der Waals surface area contributed by atoms with Gasteiger partial charge in [0, 0.05) is 19.1 Å². The van der Waals surface area contributed by atoms with Gasteiger partial charge in [-0.2, -0.15) is 0 Å². The standard InChI is InChI=1S/C28H45BN4O6/c1-20(2)30-26(36)31-22(19-24(34)33-15-17-37-18-16-33)25(35)32-23(14-10-13-21-11-8-7-9-12-21)29-38-27(3,4)28(5,6)39-29/h7-9,11-12,20,22-23H,10,13-19H2,1-6H3,(H,32,35)(H2,30,31,36)/t22-,23+/m1/s1. The first kappa shape index (κ1) is 30.9. The molecule has 0 aromatic heterocycles. The Morgan fingerprint density at radius 2 is 1.56 bits per heavy atom. The molecule has 10 nitrogen and oxygen atoms in total. The number of urea groups is 1. The number of aryl methyl sites for hydroxylation is 1. The minimum Gasteiger partial charge on any atom is -0.402 e. The van der Waals surface area contributed by atoms with E-state index in [0.717, 1.165) is 12.8 Å². The van der Waals surface area contributed by atoms with Gasteiger partial charge in [0.1, 0.15) is 6.04 Å². The summed E-state index contributed by atoms with van der Waals surface area (Å²) in [4.78, 5) is 40.9. The Morgan fingerprint density at radius 1 is 0.949 bits per heavy atom. The summed E-state index contributed by atoms with van der Waals surface area (Å²) < 4.78 is 17.9. The van der Waals surface area contributed by atoms with Gasteiger partial charge in [0.25, 0.3) is 0 Å². The molecule has 0 spiro atoms. The molecule has 0 radical (unpaired) electrons. The summed E-state index contributed by atoms with van der Waals surface area (Å²) in [6.07, 6.45) is 2.07. The SMILES string of the molecule is CC(C)NC(=O)N[C@H](CC(=O)N1CCOCC1)C(=O)N[C@@H](CCCc1ccccc1)B1OC(C)(C)C(C)(C)O1. The van der Waals surface area contributed by atoms with E-state index in [1.807, 2.05) is 59.7 Å². The highest BCUT2D eigenvalue weighted by atomic mass is 16.7. The monoisotopic (exact) mass is 544 g/mol. The van der Waals surface area contributed by atoms with Crippen LogP contribution in [0.25, 0.3) is 0 Å². The number of nitrogens with one attached hydrogen (secondary N) is 3. The molecule has 0 bridgehead atoms. The third-order valence-corrected chi connectivity index (χ3v) is 7.54. The lowest BCUT2D eigenvalue weighted by molar-refractivity contribution is -0.138. The lowest BCUT2D eigenvalue weighted by atomic mass is 9.75. The number of carbonyl (C=O) groups is 3. The van der Waals surface area contributed by atoms with Crippen molar-refractivity contribution >= 4 is 25.0 Å². The fourth-order valence-electron chi connectivity index (χ4n) is 4.57. The Balaban J connectivity index is 1.74. The lowest BCUT2D eigenvalue weighted by Gasteiger charge is -2.32. The fraction of sp³-hybridized carbons (Fsp3) is 0.679. The molecule has 0 unspecified atom stereocenters. The zero-order valence-corrected chi connectivity index (χ0v) is 24.2. The number of carbonyl (C=O) groups excluding carboxylic acids is 3. The quantitative estimate of drug-likeness (QED) is 0.369. The molecule has 2 aliphatic heterocycles. The van der Waals surface area contributed by atoms with Gasteiger partial charge in [0.15, 0.2) is 0 Å². The van der Waals surface area contributed by atoms with Crippen molar-refractivity contribution in [3.8, 4) is 0 Å².